The molecule has 1 N–H and O–H groups in total. The van der Waals surface area contributed by atoms with E-state index in [1.54, 1.807) is 0 Å². The molecule has 1 amide bonds. The van der Waals surface area contributed by atoms with Crippen LogP contribution < -0.4 is 5.32 Å². The Bertz CT molecular complexity index is 877. The number of hydrogen-bond donors (Lipinski definition) is 1. The molecule has 1 fully saturated rings. The number of amides is 1. The van der Waals surface area contributed by atoms with E-state index in [1.165, 1.54) is 74.5 Å². The Morgan fingerprint density at radius 1 is 0.871 bits per heavy atom. The molecule has 31 heavy (non-hydrogen) atoms. The second-order valence-corrected chi connectivity index (χ2v) is 9.55. The third kappa shape index (κ3) is 5.11. The zero-order valence-electron chi connectivity index (χ0n) is 19.0. The SMILES string of the molecule is CC1=CC2=CC=CC(NC(=O)C3CCCCCCCCCCC3)(c3ccccc3)C2=C1. The minimum atomic E-state index is -0.583. The summed E-state index contributed by atoms with van der Waals surface area (Å²) in [7, 11) is 0. The number of nitrogens with one attached hydrogen (secondary N) is 1. The van der Waals surface area contributed by atoms with Crippen molar-refractivity contribution in [1.82, 2.24) is 5.32 Å². The molecule has 0 heterocycles. The molecule has 0 spiro atoms. The molecule has 2 nitrogen and oxygen atoms in total. The van der Waals surface area contributed by atoms with Crippen molar-refractivity contribution in [3.63, 3.8) is 0 Å². The number of allylic oxidation sites excluding steroid dienone is 5. The van der Waals surface area contributed by atoms with E-state index in [-0.39, 0.29) is 11.8 Å². The van der Waals surface area contributed by atoms with Gasteiger partial charge in [0.25, 0.3) is 0 Å². The summed E-state index contributed by atoms with van der Waals surface area (Å²) in [6.07, 6.45) is 24.5. The Balaban J connectivity index is 1.58. The predicted molar refractivity (Wildman–Crippen MR) is 130 cm³/mol. The Hall–Kier alpha value is -2.35. The van der Waals surface area contributed by atoms with Crippen molar-refractivity contribution < 1.29 is 4.79 Å². The normalized spacial score (nSPS) is 25.4. The summed E-state index contributed by atoms with van der Waals surface area (Å²) in [5.74, 6) is 0.330. The summed E-state index contributed by atoms with van der Waals surface area (Å²) < 4.78 is 0. The molecule has 0 aromatic heterocycles. The van der Waals surface area contributed by atoms with E-state index < -0.39 is 5.54 Å². The van der Waals surface area contributed by atoms with Crippen LogP contribution in [-0.2, 0) is 10.3 Å². The van der Waals surface area contributed by atoms with Crippen LogP contribution in [0.2, 0.25) is 0 Å². The van der Waals surface area contributed by atoms with Gasteiger partial charge < -0.3 is 5.32 Å². The lowest BCUT2D eigenvalue weighted by Crippen LogP contribution is -2.49. The smallest absolute Gasteiger partial charge is 0.224 e. The minimum Gasteiger partial charge on any atom is -0.339 e. The fraction of sp³-hybridized carbons (Fsp3) is 0.483. The first-order valence-electron chi connectivity index (χ1n) is 12.4. The first kappa shape index (κ1) is 21.9. The number of carbonyl (C=O) groups is 1. The van der Waals surface area contributed by atoms with Gasteiger partial charge in [-0.1, -0.05) is 124 Å². The molecular weight excluding hydrogens is 378 g/mol. The van der Waals surface area contributed by atoms with Crippen molar-refractivity contribution in [2.45, 2.75) is 83.1 Å². The highest BCUT2D eigenvalue weighted by Crippen LogP contribution is 2.43. The third-order valence-corrected chi connectivity index (χ3v) is 7.14. The van der Waals surface area contributed by atoms with Crippen LogP contribution in [0.25, 0.3) is 0 Å². The molecule has 0 radical (unpaired) electrons. The zero-order chi connectivity index (χ0) is 21.5. The lowest BCUT2D eigenvalue weighted by Gasteiger charge is -2.38. The molecule has 0 bridgehead atoms. The second-order valence-electron chi connectivity index (χ2n) is 9.55. The maximum Gasteiger partial charge on any atom is 0.224 e. The molecule has 0 aliphatic heterocycles. The summed E-state index contributed by atoms with van der Waals surface area (Å²) >= 11 is 0. The maximum absolute atomic E-state index is 13.7. The highest BCUT2D eigenvalue weighted by Gasteiger charge is 2.40. The lowest BCUT2D eigenvalue weighted by atomic mass is 9.76. The first-order valence-corrected chi connectivity index (χ1v) is 12.4. The molecule has 1 aromatic rings. The third-order valence-electron chi connectivity index (χ3n) is 7.14. The Kier molecular flexibility index (Phi) is 7.27. The van der Waals surface area contributed by atoms with Crippen molar-refractivity contribution in [1.29, 1.82) is 0 Å². The fourth-order valence-corrected chi connectivity index (χ4v) is 5.40. The molecule has 0 saturated heterocycles. The summed E-state index contributed by atoms with van der Waals surface area (Å²) in [5, 5.41) is 3.55. The Morgan fingerprint density at radius 3 is 2.13 bits per heavy atom. The van der Waals surface area contributed by atoms with E-state index in [9.17, 15) is 4.79 Å². The van der Waals surface area contributed by atoms with Gasteiger partial charge in [0, 0.05) is 5.92 Å². The average molecular weight is 416 g/mol. The van der Waals surface area contributed by atoms with Crippen LogP contribution in [-0.4, -0.2) is 5.91 Å². The Labute approximate surface area is 188 Å². The van der Waals surface area contributed by atoms with Gasteiger partial charge in [-0.25, -0.2) is 0 Å². The average Bonchev–Trinajstić information content (AvgIpc) is 3.16. The van der Waals surface area contributed by atoms with E-state index in [0.717, 1.165) is 18.4 Å². The first-order chi connectivity index (χ1) is 15.2. The molecule has 1 aromatic carbocycles. The van der Waals surface area contributed by atoms with E-state index in [4.69, 9.17) is 0 Å². The predicted octanol–water partition coefficient (Wildman–Crippen LogP) is 7.30. The lowest BCUT2D eigenvalue weighted by molar-refractivity contribution is -0.126. The van der Waals surface area contributed by atoms with E-state index in [0.29, 0.717) is 0 Å². The molecule has 1 unspecified atom stereocenters. The van der Waals surface area contributed by atoms with Crippen molar-refractivity contribution >= 4 is 5.91 Å². The summed E-state index contributed by atoms with van der Waals surface area (Å²) in [6, 6.07) is 10.5. The quantitative estimate of drug-likeness (QED) is 0.551. The van der Waals surface area contributed by atoms with Gasteiger partial charge in [0.1, 0.15) is 5.54 Å². The Morgan fingerprint density at radius 2 is 1.48 bits per heavy atom. The van der Waals surface area contributed by atoms with E-state index in [2.05, 4.69) is 66.9 Å². The number of hydrogen-bond acceptors (Lipinski definition) is 1. The second kappa shape index (κ2) is 10.3. The summed E-state index contributed by atoms with van der Waals surface area (Å²) in [5.41, 5.74) is 4.20. The van der Waals surface area contributed by atoms with Crippen molar-refractivity contribution in [3.05, 3.63) is 83.0 Å². The molecule has 164 valence electrons. The van der Waals surface area contributed by atoms with Gasteiger partial charge in [-0.3, -0.25) is 4.79 Å². The molecule has 1 saturated carbocycles. The number of carbonyl (C=O) groups excluding carboxylic acids is 1. The maximum atomic E-state index is 13.7. The van der Waals surface area contributed by atoms with Crippen LogP contribution in [0.3, 0.4) is 0 Å². The van der Waals surface area contributed by atoms with Gasteiger partial charge in [-0.15, -0.1) is 0 Å². The van der Waals surface area contributed by atoms with Crippen molar-refractivity contribution in [3.8, 4) is 0 Å². The topological polar surface area (TPSA) is 29.1 Å². The minimum absolute atomic E-state index is 0.110. The summed E-state index contributed by atoms with van der Waals surface area (Å²) in [6.45, 7) is 2.14. The summed E-state index contributed by atoms with van der Waals surface area (Å²) in [4.78, 5) is 13.7. The standard InChI is InChI=1S/C29H37NO/c1-23-21-25-17-14-20-29(27(25)22-23,26-18-12-9-13-19-26)30-28(31)24-15-10-7-5-3-2-4-6-8-11-16-24/h9,12-14,17-22,24H,2-8,10-11,15-16H2,1H3,(H,30,31). The van der Waals surface area contributed by atoms with E-state index in [1.807, 2.05) is 6.07 Å². The number of rotatable bonds is 3. The molecule has 1 atom stereocenters. The van der Waals surface area contributed by atoms with Crippen molar-refractivity contribution in [2.75, 3.05) is 0 Å². The largest absolute Gasteiger partial charge is 0.339 e. The molecule has 3 aliphatic carbocycles. The highest BCUT2D eigenvalue weighted by molar-refractivity contribution is 5.82. The van der Waals surface area contributed by atoms with Crippen LogP contribution in [0.1, 0.15) is 83.1 Å². The fourth-order valence-electron chi connectivity index (χ4n) is 5.40. The van der Waals surface area contributed by atoms with Gasteiger partial charge in [0.2, 0.25) is 5.91 Å². The molecular formula is C29H37NO. The molecule has 4 rings (SSSR count). The van der Waals surface area contributed by atoms with Gasteiger partial charge in [0.05, 0.1) is 0 Å². The van der Waals surface area contributed by atoms with Crippen LogP contribution in [0, 0.1) is 5.92 Å². The molecule has 2 heteroatoms. The van der Waals surface area contributed by atoms with Crippen LogP contribution in [0.5, 0.6) is 0 Å². The van der Waals surface area contributed by atoms with Gasteiger partial charge in [-0.05, 0) is 36.5 Å². The van der Waals surface area contributed by atoms with Crippen molar-refractivity contribution in [2.24, 2.45) is 5.92 Å². The van der Waals surface area contributed by atoms with Crippen LogP contribution in [0.4, 0.5) is 0 Å². The highest BCUT2D eigenvalue weighted by atomic mass is 16.2. The zero-order valence-corrected chi connectivity index (χ0v) is 19.0. The van der Waals surface area contributed by atoms with E-state index >= 15 is 0 Å². The van der Waals surface area contributed by atoms with Gasteiger partial charge in [0.15, 0.2) is 0 Å². The van der Waals surface area contributed by atoms with Crippen LogP contribution in [0.15, 0.2) is 77.4 Å². The van der Waals surface area contributed by atoms with Gasteiger partial charge >= 0.3 is 0 Å². The number of fused-ring (bicyclic) bond motifs is 1. The van der Waals surface area contributed by atoms with Crippen LogP contribution >= 0.6 is 0 Å². The number of benzene rings is 1. The monoisotopic (exact) mass is 415 g/mol. The van der Waals surface area contributed by atoms with Gasteiger partial charge in [-0.2, -0.15) is 0 Å². The molecule has 3 aliphatic rings.